The molecule has 1 aliphatic rings. The van der Waals surface area contributed by atoms with Gasteiger partial charge in [0.1, 0.15) is 11.9 Å². The zero-order chi connectivity index (χ0) is 14.7. The van der Waals surface area contributed by atoms with E-state index in [1.54, 1.807) is 12.1 Å². The summed E-state index contributed by atoms with van der Waals surface area (Å²) in [6.45, 7) is 0.449. The zero-order valence-electron chi connectivity index (χ0n) is 10.9. The molecule has 110 valence electrons. The first-order chi connectivity index (χ1) is 9.52. The Morgan fingerprint density at radius 2 is 2.30 bits per heavy atom. The Morgan fingerprint density at radius 3 is 2.95 bits per heavy atom. The van der Waals surface area contributed by atoms with Gasteiger partial charge in [-0.05, 0) is 12.1 Å². The highest BCUT2D eigenvalue weighted by Crippen LogP contribution is 2.27. The average Bonchev–Trinajstić information content (AvgIpc) is 2.80. The number of carboxylic acid groups (broad SMARTS) is 1. The van der Waals surface area contributed by atoms with Crippen molar-refractivity contribution in [1.82, 2.24) is 4.98 Å². The fourth-order valence-electron chi connectivity index (χ4n) is 2.24. The summed E-state index contributed by atoms with van der Waals surface area (Å²) >= 11 is 0. The first-order valence-corrected chi connectivity index (χ1v) is 6.31. The highest BCUT2D eigenvalue weighted by Gasteiger charge is 2.36. The standard InChI is InChI=1S/C12H18N4O4/c13-8-1-2-10(15-11(8)14-3-4-17)16-6-7(18)5-9(16)12(19)20/h1-2,7,9,17-18H,3-6,13H2,(H,14,15)(H,19,20). The maximum absolute atomic E-state index is 11.2. The topological polar surface area (TPSA) is 132 Å². The van der Waals surface area contributed by atoms with Gasteiger partial charge in [0.2, 0.25) is 0 Å². The van der Waals surface area contributed by atoms with Gasteiger partial charge in [0.05, 0.1) is 18.4 Å². The van der Waals surface area contributed by atoms with E-state index in [0.29, 0.717) is 23.9 Å². The van der Waals surface area contributed by atoms with Crippen molar-refractivity contribution in [3.63, 3.8) is 0 Å². The number of rotatable bonds is 5. The fraction of sp³-hybridized carbons (Fsp3) is 0.500. The van der Waals surface area contributed by atoms with E-state index in [-0.39, 0.29) is 19.6 Å². The summed E-state index contributed by atoms with van der Waals surface area (Å²) in [5.41, 5.74) is 6.17. The van der Waals surface area contributed by atoms with Crippen molar-refractivity contribution in [2.45, 2.75) is 18.6 Å². The third-order valence-corrected chi connectivity index (χ3v) is 3.17. The van der Waals surface area contributed by atoms with Crippen LogP contribution in [0.3, 0.4) is 0 Å². The number of nitrogens with zero attached hydrogens (tertiary/aromatic N) is 2. The summed E-state index contributed by atoms with van der Waals surface area (Å²) in [7, 11) is 0. The van der Waals surface area contributed by atoms with Gasteiger partial charge in [-0.2, -0.15) is 0 Å². The second-order valence-corrected chi connectivity index (χ2v) is 4.65. The van der Waals surface area contributed by atoms with E-state index >= 15 is 0 Å². The third kappa shape index (κ3) is 2.91. The number of nitrogens with two attached hydrogens (primary N) is 1. The van der Waals surface area contributed by atoms with E-state index in [4.69, 9.17) is 10.8 Å². The van der Waals surface area contributed by atoms with Crippen molar-refractivity contribution in [1.29, 1.82) is 0 Å². The molecule has 0 bridgehead atoms. The van der Waals surface area contributed by atoms with Gasteiger partial charge < -0.3 is 31.3 Å². The van der Waals surface area contributed by atoms with Crippen LogP contribution in [-0.2, 0) is 4.79 Å². The minimum atomic E-state index is -0.995. The monoisotopic (exact) mass is 282 g/mol. The first-order valence-electron chi connectivity index (χ1n) is 6.31. The van der Waals surface area contributed by atoms with E-state index < -0.39 is 18.1 Å². The molecule has 0 radical (unpaired) electrons. The van der Waals surface area contributed by atoms with Crippen molar-refractivity contribution in [2.75, 3.05) is 35.6 Å². The highest BCUT2D eigenvalue weighted by molar-refractivity contribution is 5.79. The van der Waals surface area contributed by atoms with Crippen molar-refractivity contribution in [2.24, 2.45) is 0 Å². The number of aliphatic hydroxyl groups excluding tert-OH is 2. The van der Waals surface area contributed by atoms with Crippen molar-refractivity contribution >= 4 is 23.3 Å². The number of aliphatic carboxylic acids is 1. The molecule has 8 heteroatoms. The molecule has 0 aliphatic carbocycles. The Hall–Kier alpha value is -2.06. The molecule has 8 nitrogen and oxygen atoms in total. The number of aromatic nitrogens is 1. The fourth-order valence-corrected chi connectivity index (χ4v) is 2.24. The Bertz CT molecular complexity index is 496. The Morgan fingerprint density at radius 1 is 1.55 bits per heavy atom. The minimum absolute atomic E-state index is 0.0640. The summed E-state index contributed by atoms with van der Waals surface area (Å²) in [5, 5.41) is 30.5. The van der Waals surface area contributed by atoms with Crippen LogP contribution in [-0.4, -0.2) is 58.1 Å². The Kier molecular flexibility index (Phi) is 4.26. The molecule has 1 saturated heterocycles. The van der Waals surface area contributed by atoms with Crippen LogP contribution in [0.4, 0.5) is 17.3 Å². The molecular formula is C12H18N4O4. The summed E-state index contributed by atoms with van der Waals surface area (Å²) in [6, 6.07) is 2.44. The lowest BCUT2D eigenvalue weighted by atomic mass is 10.2. The van der Waals surface area contributed by atoms with Gasteiger partial charge >= 0.3 is 5.97 Å². The summed E-state index contributed by atoms with van der Waals surface area (Å²) < 4.78 is 0. The van der Waals surface area contributed by atoms with Gasteiger partial charge in [0, 0.05) is 19.5 Å². The van der Waals surface area contributed by atoms with Crippen LogP contribution in [0, 0.1) is 0 Å². The van der Waals surface area contributed by atoms with Crippen molar-refractivity contribution < 1.29 is 20.1 Å². The molecule has 1 aromatic rings. The summed E-state index contributed by atoms with van der Waals surface area (Å²) in [4.78, 5) is 17.0. The molecule has 6 N–H and O–H groups in total. The predicted octanol–water partition coefficient (Wildman–Crippen LogP) is -0.908. The lowest BCUT2D eigenvalue weighted by Gasteiger charge is -2.23. The second-order valence-electron chi connectivity index (χ2n) is 4.65. The van der Waals surface area contributed by atoms with Crippen LogP contribution in [0.1, 0.15) is 6.42 Å². The molecule has 2 heterocycles. The molecule has 1 aliphatic heterocycles. The molecule has 1 fully saturated rings. The van der Waals surface area contributed by atoms with E-state index in [2.05, 4.69) is 10.3 Å². The molecule has 0 saturated carbocycles. The van der Waals surface area contributed by atoms with Crippen molar-refractivity contribution in [3.05, 3.63) is 12.1 Å². The normalized spacial score (nSPS) is 22.0. The molecule has 0 aromatic carbocycles. The van der Waals surface area contributed by atoms with Crippen molar-refractivity contribution in [3.8, 4) is 0 Å². The number of β-amino-alcohol motifs (C(OH)–C–C–N with tert-alkyl or cyclic N) is 1. The molecule has 20 heavy (non-hydrogen) atoms. The quantitative estimate of drug-likeness (QED) is 0.469. The number of hydrogen-bond acceptors (Lipinski definition) is 7. The molecule has 2 unspecified atom stereocenters. The molecule has 0 amide bonds. The van der Waals surface area contributed by atoms with E-state index in [1.807, 2.05) is 0 Å². The van der Waals surface area contributed by atoms with Gasteiger partial charge in [0.25, 0.3) is 0 Å². The van der Waals surface area contributed by atoms with Gasteiger partial charge in [0.15, 0.2) is 5.82 Å². The van der Waals surface area contributed by atoms with Crippen LogP contribution in [0.15, 0.2) is 12.1 Å². The number of carbonyl (C=O) groups is 1. The Balaban J connectivity index is 2.25. The van der Waals surface area contributed by atoms with Crippen LogP contribution in [0.2, 0.25) is 0 Å². The molecule has 0 spiro atoms. The molecule has 2 rings (SSSR count). The SMILES string of the molecule is Nc1ccc(N2CC(O)CC2C(=O)O)nc1NCCO. The van der Waals surface area contributed by atoms with Crippen LogP contribution in [0.25, 0.3) is 0 Å². The number of pyridine rings is 1. The number of anilines is 3. The number of nitrogen functional groups attached to an aromatic ring is 1. The lowest BCUT2D eigenvalue weighted by Crippen LogP contribution is -2.36. The number of nitrogens with one attached hydrogen (secondary N) is 1. The lowest BCUT2D eigenvalue weighted by molar-refractivity contribution is -0.138. The van der Waals surface area contributed by atoms with E-state index in [0.717, 1.165) is 0 Å². The van der Waals surface area contributed by atoms with E-state index in [9.17, 15) is 15.0 Å². The van der Waals surface area contributed by atoms with Gasteiger partial charge in [-0.3, -0.25) is 0 Å². The van der Waals surface area contributed by atoms with Gasteiger partial charge in [-0.25, -0.2) is 9.78 Å². The maximum Gasteiger partial charge on any atom is 0.326 e. The minimum Gasteiger partial charge on any atom is -0.480 e. The third-order valence-electron chi connectivity index (χ3n) is 3.17. The van der Waals surface area contributed by atoms with Gasteiger partial charge in [-0.1, -0.05) is 0 Å². The second kappa shape index (κ2) is 5.93. The highest BCUT2D eigenvalue weighted by atomic mass is 16.4. The van der Waals surface area contributed by atoms with Crippen LogP contribution in [0.5, 0.6) is 0 Å². The van der Waals surface area contributed by atoms with E-state index in [1.165, 1.54) is 4.90 Å². The molecule has 1 aromatic heterocycles. The average molecular weight is 282 g/mol. The van der Waals surface area contributed by atoms with Crippen LogP contribution < -0.4 is 16.0 Å². The van der Waals surface area contributed by atoms with Crippen LogP contribution >= 0.6 is 0 Å². The largest absolute Gasteiger partial charge is 0.480 e. The Labute approximate surface area is 115 Å². The number of carboxylic acids is 1. The molecule has 2 atom stereocenters. The predicted molar refractivity (Wildman–Crippen MR) is 73.6 cm³/mol. The number of aliphatic hydroxyl groups is 2. The summed E-state index contributed by atoms with van der Waals surface area (Å²) in [6.07, 6.45) is -0.523. The summed E-state index contributed by atoms with van der Waals surface area (Å²) in [5.74, 6) is -0.171. The first kappa shape index (κ1) is 14.4. The zero-order valence-corrected chi connectivity index (χ0v) is 10.9. The smallest absolute Gasteiger partial charge is 0.326 e. The number of hydrogen-bond donors (Lipinski definition) is 5. The maximum atomic E-state index is 11.2. The molecular weight excluding hydrogens is 264 g/mol. The van der Waals surface area contributed by atoms with Gasteiger partial charge in [-0.15, -0.1) is 0 Å².